The van der Waals surface area contributed by atoms with E-state index in [2.05, 4.69) is 0 Å². The van der Waals surface area contributed by atoms with Crippen LogP contribution in [-0.2, 0) is 23.8 Å². The Hall–Kier alpha value is -3.88. The number of halogens is 3. The summed E-state index contributed by atoms with van der Waals surface area (Å²) < 4.78 is 60.1. The molecule has 0 spiro atoms. The number of hydrogen-bond donors (Lipinski definition) is 0. The topological polar surface area (TPSA) is 57.2 Å². The quantitative estimate of drug-likeness (QED) is 0.433. The molecular weight excluding hydrogens is 463 g/mol. The lowest BCUT2D eigenvalue weighted by atomic mass is 10.1. The smallest absolute Gasteiger partial charge is 0.416 e. The van der Waals surface area contributed by atoms with Crippen LogP contribution < -0.4 is 23.8 Å². The number of carbonyl (C=O) groups is 1. The molecule has 0 radical (unpaired) electrons. The van der Waals surface area contributed by atoms with Crippen molar-refractivity contribution in [2.45, 2.75) is 19.0 Å². The number of fused-ring (bicyclic) bond motifs is 1. The maximum Gasteiger partial charge on any atom is 0.416 e. The first-order chi connectivity index (χ1) is 16.8. The maximum atomic E-state index is 13.4. The molecule has 6 nitrogen and oxygen atoms in total. The highest BCUT2D eigenvalue weighted by atomic mass is 19.4. The van der Waals surface area contributed by atoms with Gasteiger partial charge in [-0.05, 0) is 53.9 Å². The molecule has 0 fully saturated rings. The Morgan fingerprint density at radius 2 is 1.57 bits per heavy atom. The summed E-state index contributed by atoms with van der Waals surface area (Å²) in [6, 6.07) is 15.4. The van der Waals surface area contributed by atoms with Gasteiger partial charge in [0.2, 0.25) is 12.7 Å². The number of anilines is 1. The van der Waals surface area contributed by atoms with Crippen LogP contribution in [0.2, 0.25) is 0 Å². The largest absolute Gasteiger partial charge is 0.493 e. The minimum Gasteiger partial charge on any atom is -0.493 e. The first-order valence-electron chi connectivity index (χ1n) is 10.9. The monoisotopic (exact) mass is 487 g/mol. The van der Waals surface area contributed by atoms with Crippen LogP contribution in [0.5, 0.6) is 23.0 Å². The SMILES string of the molecule is COc1ccc(N(CCc2ccc(C(F)(F)F)cc2)C(=O)Cc2ccc3c(c2)OCO3)cc1OC. The molecule has 3 aromatic rings. The van der Waals surface area contributed by atoms with Crippen molar-refractivity contribution >= 4 is 11.6 Å². The summed E-state index contributed by atoms with van der Waals surface area (Å²) in [5.41, 5.74) is 1.30. The summed E-state index contributed by atoms with van der Waals surface area (Å²) in [4.78, 5) is 15.0. The Kier molecular flexibility index (Phi) is 7.04. The average molecular weight is 487 g/mol. The van der Waals surface area contributed by atoms with Gasteiger partial charge in [-0.15, -0.1) is 0 Å². The molecule has 1 aliphatic heterocycles. The molecule has 1 amide bonds. The van der Waals surface area contributed by atoms with Crippen LogP contribution in [0.1, 0.15) is 16.7 Å². The fourth-order valence-electron chi connectivity index (χ4n) is 3.81. The maximum absolute atomic E-state index is 13.4. The molecule has 35 heavy (non-hydrogen) atoms. The van der Waals surface area contributed by atoms with Gasteiger partial charge >= 0.3 is 6.18 Å². The van der Waals surface area contributed by atoms with Crippen LogP contribution in [0.3, 0.4) is 0 Å². The molecule has 0 saturated carbocycles. The van der Waals surface area contributed by atoms with Crippen LogP contribution in [-0.4, -0.2) is 33.5 Å². The molecule has 0 bridgehead atoms. The van der Waals surface area contributed by atoms with E-state index in [4.69, 9.17) is 18.9 Å². The number of alkyl halides is 3. The molecule has 3 aromatic carbocycles. The summed E-state index contributed by atoms with van der Waals surface area (Å²) in [6.45, 7) is 0.391. The van der Waals surface area contributed by atoms with Crippen molar-refractivity contribution in [3.63, 3.8) is 0 Å². The van der Waals surface area contributed by atoms with Crippen molar-refractivity contribution in [3.8, 4) is 23.0 Å². The zero-order valence-electron chi connectivity index (χ0n) is 19.2. The van der Waals surface area contributed by atoms with Gasteiger partial charge in [0, 0.05) is 18.3 Å². The van der Waals surface area contributed by atoms with E-state index in [0.29, 0.717) is 40.7 Å². The molecule has 1 heterocycles. The van der Waals surface area contributed by atoms with Crippen LogP contribution in [0, 0.1) is 0 Å². The lowest BCUT2D eigenvalue weighted by Crippen LogP contribution is -2.34. The van der Waals surface area contributed by atoms with Gasteiger partial charge in [-0.2, -0.15) is 13.2 Å². The van der Waals surface area contributed by atoms with Crippen LogP contribution in [0.15, 0.2) is 60.7 Å². The molecular formula is C26H24F3NO5. The highest BCUT2D eigenvalue weighted by Crippen LogP contribution is 2.34. The molecule has 184 valence electrons. The van der Waals surface area contributed by atoms with Gasteiger partial charge in [-0.3, -0.25) is 4.79 Å². The summed E-state index contributed by atoms with van der Waals surface area (Å²) in [6.07, 6.45) is -3.94. The Morgan fingerprint density at radius 3 is 2.26 bits per heavy atom. The number of ether oxygens (including phenoxy) is 4. The van der Waals surface area contributed by atoms with Gasteiger partial charge in [0.25, 0.3) is 0 Å². The van der Waals surface area contributed by atoms with Crippen molar-refractivity contribution in [1.82, 2.24) is 0 Å². The molecule has 0 saturated heterocycles. The van der Waals surface area contributed by atoms with E-state index in [-0.39, 0.29) is 25.7 Å². The van der Waals surface area contributed by atoms with E-state index in [1.165, 1.54) is 26.4 Å². The van der Waals surface area contributed by atoms with Crippen molar-refractivity contribution in [3.05, 3.63) is 77.4 Å². The first-order valence-corrected chi connectivity index (χ1v) is 10.9. The summed E-state index contributed by atoms with van der Waals surface area (Å²) in [5.74, 6) is 1.99. The van der Waals surface area contributed by atoms with Gasteiger partial charge in [-0.25, -0.2) is 0 Å². The molecule has 1 aliphatic rings. The molecule has 4 rings (SSSR count). The molecule has 0 N–H and O–H groups in total. The van der Waals surface area contributed by atoms with Gasteiger partial charge in [0.05, 0.1) is 26.2 Å². The molecule has 9 heteroatoms. The number of amides is 1. The van der Waals surface area contributed by atoms with E-state index >= 15 is 0 Å². The van der Waals surface area contributed by atoms with E-state index in [1.54, 1.807) is 41.3 Å². The first kappa shape index (κ1) is 24.3. The average Bonchev–Trinajstić information content (AvgIpc) is 3.31. The second kappa shape index (κ2) is 10.2. The highest BCUT2D eigenvalue weighted by Gasteiger charge is 2.30. The zero-order valence-corrected chi connectivity index (χ0v) is 19.2. The number of carbonyl (C=O) groups excluding carboxylic acids is 1. The van der Waals surface area contributed by atoms with Crippen LogP contribution in [0.4, 0.5) is 18.9 Å². The minimum atomic E-state index is -4.40. The molecule has 0 aromatic heterocycles. The second-order valence-corrected chi connectivity index (χ2v) is 7.89. The van der Waals surface area contributed by atoms with E-state index in [1.807, 2.05) is 0 Å². The third kappa shape index (κ3) is 5.62. The summed E-state index contributed by atoms with van der Waals surface area (Å²) in [7, 11) is 3.02. The minimum absolute atomic E-state index is 0.0952. The third-order valence-electron chi connectivity index (χ3n) is 5.68. The lowest BCUT2D eigenvalue weighted by Gasteiger charge is -2.24. The summed E-state index contributed by atoms with van der Waals surface area (Å²) in [5, 5.41) is 0. The normalized spacial score (nSPS) is 12.4. The molecule has 0 aliphatic carbocycles. The van der Waals surface area contributed by atoms with Crippen LogP contribution in [0.25, 0.3) is 0 Å². The predicted octanol–water partition coefficient (Wildman–Crippen LogP) is 5.27. The Balaban J connectivity index is 1.57. The Morgan fingerprint density at radius 1 is 0.886 bits per heavy atom. The molecule has 0 unspecified atom stereocenters. The predicted molar refractivity (Wildman–Crippen MR) is 123 cm³/mol. The van der Waals surface area contributed by atoms with Crippen LogP contribution >= 0.6 is 0 Å². The Labute approximate surface area is 200 Å². The van der Waals surface area contributed by atoms with Crippen molar-refractivity contribution in [1.29, 1.82) is 0 Å². The standard InChI is InChI=1S/C26H24F3NO5/c1-32-21-10-8-20(15-23(21)33-2)30(12-11-17-3-6-19(7-4-17)26(27,28)29)25(31)14-18-5-9-22-24(13-18)35-16-34-22/h3-10,13,15H,11-12,14,16H2,1-2H3. The zero-order chi connectivity index (χ0) is 25.0. The van der Waals surface area contributed by atoms with E-state index < -0.39 is 11.7 Å². The van der Waals surface area contributed by atoms with Crippen molar-refractivity contribution < 1.29 is 36.9 Å². The third-order valence-corrected chi connectivity index (χ3v) is 5.68. The number of hydrogen-bond acceptors (Lipinski definition) is 5. The number of rotatable bonds is 8. The number of benzene rings is 3. The lowest BCUT2D eigenvalue weighted by molar-refractivity contribution is -0.137. The van der Waals surface area contributed by atoms with Crippen molar-refractivity contribution in [2.24, 2.45) is 0 Å². The van der Waals surface area contributed by atoms with E-state index in [0.717, 1.165) is 17.7 Å². The second-order valence-electron chi connectivity index (χ2n) is 7.89. The molecule has 0 atom stereocenters. The van der Waals surface area contributed by atoms with Crippen molar-refractivity contribution in [2.75, 3.05) is 32.5 Å². The van der Waals surface area contributed by atoms with Gasteiger partial charge in [0.1, 0.15) is 0 Å². The highest BCUT2D eigenvalue weighted by molar-refractivity contribution is 5.95. The van der Waals surface area contributed by atoms with E-state index in [9.17, 15) is 18.0 Å². The van der Waals surface area contributed by atoms with Gasteiger partial charge in [-0.1, -0.05) is 18.2 Å². The Bertz CT molecular complexity index is 1190. The summed E-state index contributed by atoms with van der Waals surface area (Å²) >= 11 is 0. The number of nitrogens with zero attached hydrogens (tertiary/aromatic N) is 1. The number of methoxy groups -OCH3 is 2. The van der Waals surface area contributed by atoms with Gasteiger partial charge < -0.3 is 23.8 Å². The fraction of sp³-hybridized carbons (Fsp3) is 0.269. The van der Waals surface area contributed by atoms with Gasteiger partial charge in [0.15, 0.2) is 23.0 Å². The fourth-order valence-corrected chi connectivity index (χ4v) is 3.81.